The van der Waals surface area contributed by atoms with Gasteiger partial charge in [-0.15, -0.1) is 0 Å². The first kappa shape index (κ1) is 16.8. The van der Waals surface area contributed by atoms with Crippen LogP contribution < -0.4 is 5.32 Å². The molecule has 3 nitrogen and oxygen atoms in total. The summed E-state index contributed by atoms with van der Waals surface area (Å²) in [6.45, 7) is 5.08. The summed E-state index contributed by atoms with van der Waals surface area (Å²) < 4.78 is 26.0. The molecule has 3 unspecified atom stereocenters. The smallest absolute Gasteiger partial charge is 0.184 e. The van der Waals surface area contributed by atoms with E-state index in [1.165, 1.54) is 0 Å². The zero-order valence-corrected chi connectivity index (χ0v) is 14.3. The lowest BCUT2D eigenvalue weighted by atomic mass is 9.87. The van der Waals surface area contributed by atoms with Gasteiger partial charge in [0.05, 0.1) is 15.2 Å². The molecule has 1 saturated carbocycles. The third kappa shape index (κ3) is 3.79. The Morgan fingerprint density at radius 2 is 2.00 bits per heavy atom. The van der Waals surface area contributed by atoms with Gasteiger partial charge in [0.2, 0.25) is 0 Å². The van der Waals surface area contributed by atoms with E-state index >= 15 is 0 Å². The predicted molar refractivity (Wildman–Crippen MR) is 87.5 cm³/mol. The monoisotopic (exact) mass is 329 g/mol. The molecule has 0 radical (unpaired) electrons. The number of halogens is 1. The fraction of sp³-hybridized carbons (Fsp3) is 0.625. The third-order valence-corrected chi connectivity index (χ3v) is 6.98. The third-order valence-electron chi connectivity index (χ3n) is 4.25. The van der Waals surface area contributed by atoms with E-state index in [0.29, 0.717) is 17.4 Å². The van der Waals surface area contributed by atoms with Crippen LogP contribution in [0, 0.1) is 5.92 Å². The van der Waals surface area contributed by atoms with Gasteiger partial charge in [-0.3, -0.25) is 0 Å². The minimum absolute atomic E-state index is 0.0300. The molecule has 0 aliphatic heterocycles. The van der Waals surface area contributed by atoms with Crippen molar-refractivity contribution >= 4 is 21.4 Å². The largest absolute Gasteiger partial charge is 0.313 e. The standard InChI is InChI=1S/C16H24ClNO2S/c1-3-10-18-14-9-8-12(2)11-16(14)21(19,20)15-7-5-4-6-13(15)17/h4-7,12,14,16,18H,3,8-11H2,1-2H3. The van der Waals surface area contributed by atoms with Gasteiger partial charge in [0.25, 0.3) is 0 Å². The average Bonchev–Trinajstić information content (AvgIpc) is 2.46. The molecule has 2 rings (SSSR count). The average molecular weight is 330 g/mol. The Hall–Kier alpha value is -0.580. The van der Waals surface area contributed by atoms with Crippen LogP contribution in [0.2, 0.25) is 5.02 Å². The maximum Gasteiger partial charge on any atom is 0.184 e. The van der Waals surface area contributed by atoms with Crippen molar-refractivity contribution < 1.29 is 8.42 Å². The van der Waals surface area contributed by atoms with Crippen molar-refractivity contribution in [2.45, 2.75) is 55.7 Å². The molecular formula is C16H24ClNO2S. The van der Waals surface area contributed by atoms with E-state index in [1.54, 1.807) is 24.3 Å². The van der Waals surface area contributed by atoms with Crippen molar-refractivity contribution in [1.82, 2.24) is 5.32 Å². The molecule has 1 aliphatic carbocycles. The van der Waals surface area contributed by atoms with Crippen LogP contribution in [0.25, 0.3) is 0 Å². The highest BCUT2D eigenvalue weighted by Crippen LogP contribution is 2.34. The van der Waals surface area contributed by atoms with Crippen LogP contribution in [0.15, 0.2) is 29.2 Å². The number of rotatable bonds is 5. The first-order valence-corrected chi connectivity index (χ1v) is 9.61. The molecule has 0 spiro atoms. The molecule has 21 heavy (non-hydrogen) atoms. The molecule has 0 bridgehead atoms. The highest BCUT2D eigenvalue weighted by molar-refractivity contribution is 7.92. The lowest BCUT2D eigenvalue weighted by molar-refractivity contribution is 0.308. The van der Waals surface area contributed by atoms with Crippen molar-refractivity contribution in [1.29, 1.82) is 0 Å². The summed E-state index contributed by atoms with van der Waals surface area (Å²) in [6, 6.07) is 6.79. The van der Waals surface area contributed by atoms with Gasteiger partial charge >= 0.3 is 0 Å². The fourth-order valence-corrected chi connectivity index (χ4v) is 5.71. The Labute approximate surface area is 133 Å². The van der Waals surface area contributed by atoms with Crippen molar-refractivity contribution in [2.75, 3.05) is 6.54 Å². The van der Waals surface area contributed by atoms with E-state index < -0.39 is 9.84 Å². The molecule has 1 aliphatic rings. The summed E-state index contributed by atoms with van der Waals surface area (Å²) in [4.78, 5) is 0.272. The van der Waals surface area contributed by atoms with Crippen LogP contribution >= 0.6 is 11.6 Å². The Balaban J connectivity index is 2.32. The van der Waals surface area contributed by atoms with Gasteiger partial charge in [-0.2, -0.15) is 0 Å². The van der Waals surface area contributed by atoms with Crippen molar-refractivity contribution in [3.8, 4) is 0 Å². The van der Waals surface area contributed by atoms with Crippen molar-refractivity contribution in [3.05, 3.63) is 29.3 Å². The topological polar surface area (TPSA) is 46.2 Å². The molecule has 0 amide bonds. The van der Waals surface area contributed by atoms with E-state index in [0.717, 1.165) is 25.8 Å². The summed E-state index contributed by atoms with van der Waals surface area (Å²) in [6.07, 6.45) is 3.70. The maximum atomic E-state index is 13.0. The van der Waals surface area contributed by atoms with E-state index in [9.17, 15) is 8.42 Å². The van der Waals surface area contributed by atoms with Crippen LogP contribution in [-0.2, 0) is 9.84 Å². The second kappa shape index (κ2) is 7.12. The molecule has 0 saturated heterocycles. The summed E-state index contributed by atoms with van der Waals surface area (Å²) in [7, 11) is -3.40. The molecule has 1 N–H and O–H groups in total. The van der Waals surface area contributed by atoms with Gasteiger partial charge in [0, 0.05) is 6.04 Å². The Morgan fingerprint density at radius 3 is 2.67 bits per heavy atom. The number of hydrogen-bond acceptors (Lipinski definition) is 3. The van der Waals surface area contributed by atoms with Crippen molar-refractivity contribution in [2.24, 2.45) is 5.92 Å². The van der Waals surface area contributed by atoms with Crippen LogP contribution in [0.1, 0.15) is 39.5 Å². The normalized spacial score (nSPS) is 26.7. The van der Waals surface area contributed by atoms with E-state index in [-0.39, 0.29) is 16.2 Å². The molecule has 1 fully saturated rings. The van der Waals surface area contributed by atoms with Gasteiger partial charge in [-0.05, 0) is 50.3 Å². The molecule has 3 atom stereocenters. The quantitative estimate of drug-likeness (QED) is 0.896. The van der Waals surface area contributed by atoms with Gasteiger partial charge in [0.15, 0.2) is 9.84 Å². The summed E-state index contributed by atoms with van der Waals surface area (Å²) in [5, 5.41) is 3.36. The van der Waals surface area contributed by atoms with Gasteiger partial charge in [-0.25, -0.2) is 8.42 Å². The highest BCUT2D eigenvalue weighted by atomic mass is 35.5. The molecule has 1 aromatic rings. The lowest BCUT2D eigenvalue weighted by Gasteiger charge is -2.35. The Kier molecular flexibility index (Phi) is 5.69. The molecular weight excluding hydrogens is 306 g/mol. The molecule has 1 aromatic carbocycles. The number of sulfone groups is 1. The van der Waals surface area contributed by atoms with Crippen molar-refractivity contribution in [3.63, 3.8) is 0 Å². The predicted octanol–water partition coefficient (Wildman–Crippen LogP) is 3.67. The molecule has 5 heteroatoms. The fourth-order valence-electron chi connectivity index (χ4n) is 3.07. The zero-order valence-electron chi connectivity index (χ0n) is 12.7. The highest BCUT2D eigenvalue weighted by Gasteiger charge is 2.39. The second-order valence-corrected chi connectivity index (χ2v) is 8.54. The van der Waals surface area contributed by atoms with Crippen LogP contribution in [0.4, 0.5) is 0 Å². The number of benzene rings is 1. The molecule has 0 heterocycles. The maximum absolute atomic E-state index is 13.0. The minimum atomic E-state index is -3.40. The van der Waals surface area contributed by atoms with E-state index in [4.69, 9.17) is 11.6 Å². The van der Waals surface area contributed by atoms with E-state index in [1.807, 2.05) is 0 Å². The first-order chi connectivity index (χ1) is 9.96. The van der Waals surface area contributed by atoms with Crippen LogP contribution in [0.3, 0.4) is 0 Å². The Morgan fingerprint density at radius 1 is 1.29 bits per heavy atom. The van der Waals surface area contributed by atoms with Crippen LogP contribution in [-0.4, -0.2) is 26.3 Å². The van der Waals surface area contributed by atoms with Gasteiger partial charge < -0.3 is 5.32 Å². The van der Waals surface area contributed by atoms with Crippen LogP contribution in [0.5, 0.6) is 0 Å². The van der Waals surface area contributed by atoms with Gasteiger partial charge in [0.1, 0.15) is 0 Å². The SMILES string of the molecule is CCCNC1CCC(C)CC1S(=O)(=O)c1ccccc1Cl. The van der Waals surface area contributed by atoms with E-state index in [2.05, 4.69) is 19.2 Å². The summed E-state index contributed by atoms with van der Waals surface area (Å²) in [5.74, 6) is 0.437. The lowest BCUT2D eigenvalue weighted by Crippen LogP contribution is -2.48. The first-order valence-electron chi connectivity index (χ1n) is 7.68. The van der Waals surface area contributed by atoms with Gasteiger partial charge in [-0.1, -0.05) is 37.6 Å². The zero-order chi connectivity index (χ0) is 15.5. The summed E-state index contributed by atoms with van der Waals surface area (Å²) >= 11 is 6.12. The minimum Gasteiger partial charge on any atom is -0.313 e. The second-order valence-electron chi connectivity index (χ2n) is 5.99. The summed E-state index contributed by atoms with van der Waals surface area (Å²) in [5.41, 5.74) is 0. The number of nitrogens with one attached hydrogen (secondary N) is 1. The Bertz CT molecular complexity index is 571. The molecule has 118 valence electrons. The molecule has 0 aromatic heterocycles. The number of hydrogen-bond donors (Lipinski definition) is 1.